The minimum atomic E-state index is -0.928. The number of carbonyl (C=O) groups is 2. The number of aliphatic carboxylic acids is 1. The number of nitrogens with zero attached hydrogens (tertiary/aromatic N) is 3. The van der Waals surface area contributed by atoms with E-state index in [2.05, 4.69) is 28.7 Å². The number of amides is 2. The number of hydrogen-bond acceptors (Lipinski definition) is 3. The van der Waals surface area contributed by atoms with Crippen LogP contribution in [0, 0.1) is 0 Å². The van der Waals surface area contributed by atoms with Crippen LogP contribution in [0.5, 0.6) is 0 Å². The van der Waals surface area contributed by atoms with Gasteiger partial charge in [-0.2, -0.15) is 0 Å². The highest BCUT2D eigenvalue weighted by atomic mass is 16.4. The van der Waals surface area contributed by atoms with Crippen LogP contribution in [0.3, 0.4) is 0 Å². The molecule has 0 aliphatic carbocycles. The summed E-state index contributed by atoms with van der Waals surface area (Å²) in [6.07, 6.45) is 3.65. The first kappa shape index (κ1) is 18.5. The highest BCUT2D eigenvalue weighted by molar-refractivity contribution is 5.89. The maximum atomic E-state index is 12.1. The predicted molar refractivity (Wildman–Crippen MR) is 95.8 cm³/mol. The van der Waals surface area contributed by atoms with E-state index in [-0.39, 0.29) is 19.0 Å². The van der Waals surface area contributed by atoms with Gasteiger partial charge in [0.15, 0.2) is 0 Å². The lowest BCUT2D eigenvalue weighted by atomic mass is 10.1. The van der Waals surface area contributed by atoms with E-state index in [0.717, 1.165) is 11.4 Å². The van der Waals surface area contributed by atoms with Crippen molar-refractivity contribution in [3.63, 3.8) is 0 Å². The quantitative estimate of drug-likeness (QED) is 0.808. The largest absolute Gasteiger partial charge is 0.481 e. The van der Waals surface area contributed by atoms with Gasteiger partial charge in [-0.1, -0.05) is 26.0 Å². The molecule has 2 N–H and O–H groups in total. The maximum absolute atomic E-state index is 12.1. The summed E-state index contributed by atoms with van der Waals surface area (Å²) < 4.78 is 2.09. The molecular formula is C18H24N4O3. The molecule has 0 spiro atoms. The van der Waals surface area contributed by atoms with Crippen LogP contribution < -0.4 is 5.32 Å². The number of aromatic nitrogens is 2. The van der Waals surface area contributed by atoms with Gasteiger partial charge in [-0.3, -0.25) is 4.79 Å². The minimum Gasteiger partial charge on any atom is -0.481 e. The topological polar surface area (TPSA) is 87.5 Å². The zero-order valence-corrected chi connectivity index (χ0v) is 14.8. The van der Waals surface area contributed by atoms with E-state index < -0.39 is 5.97 Å². The second-order valence-electron chi connectivity index (χ2n) is 6.26. The Hall–Kier alpha value is -2.83. The molecule has 0 saturated heterocycles. The molecule has 0 aliphatic heterocycles. The first-order chi connectivity index (χ1) is 11.9. The molecule has 25 heavy (non-hydrogen) atoms. The molecule has 0 atom stereocenters. The molecule has 0 radical (unpaired) electrons. The number of rotatable bonds is 7. The fourth-order valence-electron chi connectivity index (χ4n) is 2.48. The lowest BCUT2D eigenvalue weighted by molar-refractivity contribution is -0.137. The van der Waals surface area contributed by atoms with Crippen LogP contribution >= 0.6 is 0 Å². The Morgan fingerprint density at radius 2 is 2.12 bits per heavy atom. The van der Waals surface area contributed by atoms with Gasteiger partial charge in [0.1, 0.15) is 5.82 Å². The Morgan fingerprint density at radius 3 is 2.80 bits per heavy atom. The summed E-state index contributed by atoms with van der Waals surface area (Å²) in [5, 5.41) is 11.5. The number of imidazole rings is 1. The Balaban J connectivity index is 2.02. The number of carbonyl (C=O) groups excluding carboxylic acids is 1. The van der Waals surface area contributed by atoms with Crippen molar-refractivity contribution >= 4 is 17.7 Å². The van der Waals surface area contributed by atoms with Crippen LogP contribution in [-0.4, -0.2) is 45.2 Å². The number of benzene rings is 1. The molecule has 2 aromatic rings. The van der Waals surface area contributed by atoms with E-state index in [4.69, 9.17) is 5.11 Å². The molecule has 2 rings (SSSR count). The van der Waals surface area contributed by atoms with Gasteiger partial charge in [-0.05, 0) is 17.7 Å². The van der Waals surface area contributed by atoms with E-state index in [1.54, 1.807) is 13.2 Å². The van der Waals surface area contributed by atoms with Gasteiger partial charge in [0.25, 0.3) is 0 Å². The summed E-state index contributed by atoms with van der Waals surface area (Å²) in [4.78, 5) is 28.4. The van der Waals surface area contributed by atoms with Crippen molar-refractivity contribution in [3.05, 3.63) is 48.0 Å². The highest BCUT2D eigenvalue weighted by Crippen LogP contribution is 2.16. The summed E-state index contributed by atoms with van der Waals surface area (Å²) in [5.74, 6) is 0.423. The molecule has 2 amide bonds. The van der Waals surface area contributed by atoms with Crippen LogP contribution in [0.15, 0.2) is 36.7 Å². The zero-order valence-electron chi connectivity index (χ0n) is 14.8. The second-order valence-corrected chi connectivity index (χ2v) is 6.26. The number of nitrogens with one attached hydrogen (secondary N) is 1. The van der Waals surface area contributed by atoms with Gasteiger partial charge in [0.2, 0.25) is 0 Å². The van der Waals surface area contributed by atoms with Crippen molar-refractivity contribution in [1.29, 1.82) is 0 Å². The molecule has 7 nitrogen and oxygen atoms in total. The van der Waals surface area contributed by atoms with Gasteiger partial charge in [0.05, 0.1) is 6.42 Å². The Bertz CT molecular complexity index is 739. The fraction of sp³-hybridized carbons (Fsp3) is 0.389. The summed E-state index contributed by atoms with van der Waals surface area (Å²) in [7, 11) is 1.57. The molecule has 1 aromatic carbocycles. The Labute approximate surface area is 147 Å². The Kier molecular flexibility index (Phi) is 6.16. The molecule has 1 aromatic heterocycles. The third-order valence-electron chi connectivity index (χ3n) is 3.80. The average Bonchev–Trinajstić information content (AvgIpc) is 3.01. The Morgan fingerprint density at radius 1 is 1.36 bits per heavy atom. The number of hydrogen-bond donors (Lipinski definition) is 2. The molecule has 1 heterocycles. The molecule has 7 heteroatoms. The van der Waals surface area contributed by atoms with Gasteiger partial charge in [0, 0.05) is 44.1 Å². The van der Waals surface area contributed by atoms with Crippen molar-refractivity contribution in [2.45, 2.75) is 32.7 Å². The average molecular weight is 344 g/mol. The highest BCUT2D eigenvalue weighted by Gasteiger charge is 2.11. The number of carboxylic acids is 1. The monoisotopic (exact) mass is 344 g/mol. The van der Waals surface area contributed by atoms with Crippen LogP contribution in [0.25, 0.3) is 0 Å². The smallest absolute Gasteiger partial charge is 0.321 e. The minimum absolute atomic E-state index is 0.0808. The van der Waals surface area contributed by atoms with Gasteiger partial charge in [-0.25, -0.2) is 9.78 Å². The van der Waals surface area contributed by atoms with Crippen molar-refractivity contribution in [1.82, 2.24) is 14.5 Å². The fourth-order valence-corrected chi connectivity index (χ4v) is 2.48. The number of anilines is 1. The van der Waals surface area contributed by atoms with Crippen LogP contribution in [0.4, 0.5) is 10.5 Å². The van der Waals surface area contributed by atoms with Crippen molar-refractivity contribution in [3.8, 4) is 0 Å². The SMILES string of the molecule is CC(C)c1nccn1Cc1cccc(NC(=O)N(C)CCC(=O)O)c1. The van der Waals surface area contributed by atoms with Crippen LogP contribution in [-0.2, 0) is 11.3 Å². The molecule has 0 bridgehead atoms. The molecule has 0 aliphatic rings. The second kappa shape index (κ2) is 8.32. The lowest BCUT2D eigenvalue weighted by Gasteiger charge is -2.17. The molecule has 0 fully saturated rings. The standard InChI is InChI=1S/C18H24N4O3/c1-13(2)17-19-8-10-22(17)12-14-5-4-6-15(11-14)20-18(25)21(3)9-7-16(23)24/h4-6,8,10-11,13H,7,9,12H2,1-3H3,(H,20,25)(H,23,24). The lowest BCUT2D eigenvalue weighted by Crippen LogP contribution is -2.33. The van der Waals surface area contributed by atoms with E-state index in [1.807, 2.05) is 30.5 Å². The summed E-state index contributed by atoms with van der Waals surface area (Å²) >= 11 is 0. The first-order valence-electron chi connectivity index (χ1n) is 8.20. The van der Waals surface area contributed by atoms with Gasteiger partial charge >= 0.3 is 12.0 Å². The molecule has 0 saturated carbocycles. The summed E-state index contributed by atoms with van der Waals surface area (Å²) in [5.41, 5.74) is 1.72. The van der Waals surface area contributed by atoms with Crippen molar-refractivity contribution in [2.24, 2.45) is 0 Å². The van der Waals surface area contributed by atoms with Crippen molar-refractivity contribution in [2.75, 3.05) is 18.9 Å². The third-order valence-corrected chi connectivity index (χ3v) is 3.80. The van der Waals surface area contributed by atoms with Crippen LogP contribution in [0.1, 0.15) is 37.6 Å². The number of carboxylic acid groups (broad SMARTS) is 1. The van der Waals surface area contributed by atoms with Crippen LogP contribution in [0.2, 0.25) is 0 Å². The van der Waals surface area contributed by atoms with E-state index in [9.17, 15) is 9.59 Å². The number of urea groups is 1. The maximum Gasteiger partial charge on any atom is 0.321 e. The van der Waals surface area contributed by atoms with Crippen molar-refractivity contribution < 1.29 is 14.7 Å². The molecule has 134 valence electrons. The van der Waals surface area contributed by atoms with Gasteiger partial charge in [-0.15, -0.1) is 0 Å². The third kappa shape index (κ3) is 5.34. The first-order valence-corrected chi connectivity index (χ1v) is 8.20. The molecular weight excluding hydrogens is 320 g/mol. The van der Waals surface area contributed by atoms with E-state index in [0.29, 0.717) is 18.2 Å². The predicted octanol–water partition coefficient (Wildman–Crippen LogP) is 2.99. The van der Waals surface area contributed by atoms with Gasteiger partial charge < -0.3 is 19.9 Å². The van der Waals surface area contributed by atoms with E-state index >= 15 is 0 Å². The molecule has 0 unspecified atom stereocenters. The van der Waals surface area contributed by atoms with E-state index in [1.165, 1.54) is 4.90 Å². The normalized spacial score (nSPS) is 10.7. The summed E-state index contributed by atoms with van der Waals surface area (Å²) in [6.45, 7) is 5.03. The summed E-state index contributed by atoms with van der Waals surface area (Å²) in [6, 6.07) is 7.27. The zero-order chi connectivity index (χ0) is 18.4.